The quantitative estimate of drug-likeness (QED) is 0.581. The summed E-state index contributed by atoms with van der Waals surface area (Å²) < 4.78 is 6.01. The van der Waals surface area contributed by atoms with Crippen molar-refractivity contribution in [1.82, 2.24) is 5.32 Å². The molecule has 19 heavy (non-hydrogen) atoms. The fraction of sp³-hybridized carbons (Fsp3) is 0.812. The van der Waals surface area contributed by atoms with Crippen LogP contribution in [0.25, 0.3) is 0 Å². The smallest absolute Gasteiger partial charge is 0.220 e. The predicted octanol–water partition coefficient (Wildman–Crippen LogP) is 3.69. The van der Waals surface area contributed by atoms with Crippen LogP contribution in [0, 0.1) is 5.92 Å². The third kappa shape index (κ3) is 8.82. The van der Waals surface area contributed by atoms with Crippen LogP contribution in [0.1, 0.15) is 59.8 Å². The molecule has 0 aliphatic rings. The Morgan fingerprint density at radius 3 is 2.68 bits per heavy atom. The Kier molecular flexibility index (Phi) is 9.58. The number of hydrogen-bond acceptors (Lipinski definition) is 2. The molecule has 0 radical (unpaired) electrons. The van der Waals surface area contributed by atoms with E-state index in [0.29, 0.717) is 18.9 Å². The molecule has 0 spiro atoms. The minimum atomic E-state index is -0.182. The number of carbonyl (C=O) groups is 1. The van der Waals surface area contributed by atoms with E-state index in [-0.39, 0.29) is 11.5 Å². The van der Waals surface area contributed by atoms with Gasteiger partial charge in [-0.3, -0.25) is 4.79 Å². The second kappa shape index (κ2) is 10.0. The molecule has 0 bridgehead atoms. The number of ether oxygens (including phenoxy) is 1. The summed E-state index contributed by atoms with van der Waals surface area (Å²) in [5, 5.41) is 2.80. The second-order valence-electron chi connectivity index (χ2n) is 5.55. The topological polar surface area (TPSA) is 38.3 Å². The van der Waals surface area contributed by atoms with E-state index in [0.717, 1.165) is 25.9 Å². The Morgan fingerprint density at radius 1 is 1.47 bits per heavy atom. The first-order valence-corrected chi connectivity index (χ1v) is 7.49. The first-order chi connectivity index (χ1) is 8.97. The maximum atomic E-state index is 11.6. The molecule has 2 atom stereocenters. The first kappa shape index (κ1) is 18.2. The zero-order valence-electron chi connectivity index (χ0n) is 13.1. The van der Waals surface area contributed by atoms with Gasteiger partial charge in [0.05, 0.1) is 5.60 Å². The van der Waals surface area contributed by atoms with Gasteiger partial charge in [0.2, 0.25) is 5.91 Å². The van der Waals surface area contributed by atoms with Gasteiger partial charge in [0.15, 0.2) is 0 Å². The van der Waals surface area contributed by atoms with E-state index < -0.39 is 0 Å². The molecule has 0 rings (SSSR count). The third-order valence-corrected chi connectivity index (χ3v) is 3.83. The van der Waals surface area contributed by atoms with E-state index in [1.165, 1.54) is 6.42 Å². The van der Waals surface area contributed by atoms with Crippen molar-refractivity contribution >= 4 is 5.91 Å². The molecule has 0 aromatic heterocycles. The summed E-state index contributed by atoms with van der Waals surface area (Å²) in [6, 6.07) is 0. The minimum absolute atomic E-state index is 0.0742. The lowest BCUT2D eigenvalue weighted by molar-refractivity contribution is -0.123. The summed E-state index contributed by atoms with van der Waals surface area (Å²) >= 11 is 0. The summed E-state index contributed by atoms with van der Waals surface area (Å²) in [6.45, 7) is 13.6. The summed E-state index contributed by atoms with van der Waals surface area (Å²) in [5.41, 5.74) is -0.182. The maximum Gasteiger partial charge on any atom is 0.220 e. The van der Waals surface area contributed by atoms with Gasteiger partial charge in [-0.2, -0.15) is 0 Å². The van der Waals surface area contributed by atoms with E-state index in [4.69, 9.17) is 4.74 Å². The number of rotatable bonds is 11. The van der Waals surface area contributed by atoms with Crippen LogP contribution in [0.15, 0.2) is 12.7 Å². The highest BCUT2D eigenvalue weighted by Gasteiger charge is 2.23. The zero-order chi connectivity index (χ0) is 14.7. The van der Waals surface area contributed by atoms with Crippen molar-refractivity contribution in [2.75, 3.05) is 13.2 Å². The molecule has 1 N–H and O–H groups in total. The highest BCUT2D eigenvalue weighted by Crippen LogP contribution is 2.23. The Bertz CT molecular complexity index is 265. The van der Waals surface area contributed by atoms with Crippen molar-refractivity contribution in [1.29, 1.82) is 0 Å². The van der Waals surface area contributed by atoms with Crippen LogP contribution in [0.5, 0.6) is 0 Å². The Labute approximate surface area is 118 Å². The molecular weight excluding hydrogens is 238 g/mol. The van der Waals surface area contributed by atoms with Crippen LogP contribution in [0.2, 0.25) is 0 Å². The van der Waals surface area contributed by atoms with Crippen molar-refractivity contribution in [3.63, 3.8) is 0 Å². The fourth-order valence-corrected chi connectivity index (χ4v) is 1.71. The molecule has 0 aliphatic heterocycles. The molecule has 0 saturated carbocycles. The van der Waals surface area contributed by atoms with Gasteiger partial charge in [-0.15, -0.1) is 6.58 Å². The molecule has 0 aromatic carbocycles. The van der Waals surface area contributed by atoms with Gasteiger partial charge in [0.25, 0.3) is 0 Å². The van der Waals surface area contributed by atoms with Gasteiger partial charge in [0, 0.05) is 19.6 Å². The molecule has 0 heterocycles. The standard InChI is InChI=1S/C16H31NO2/c1-6-12-17-15(18)9-11-16(5,8-3)19-13-10-14(4)7-2/h6,14H,1,7-13H2,2-5H3,(H,17,18). The van der Waals surface area contributed by atoms with Crippen molar-refractivity contribution < 1.29 is 9.53 Å². The summed E-state index contributed by atoms with van der Waals surface area (Å²) in [5.74, 6) is 0.780. The van der Waals surface area contributed by atoms with E-state index in [2.05, 4.69) is 39.6 Å². The van der Waals surface area contributed by atoms with Crippen LogP contribution >= 0.6 is 0 Å². The van der Waals surface area contributed by atoms with E-state index in [1.54, 1.807) is 6.08 Å². The van der Waals surface area contributed by atoms with Gasteiger partial charge in [-0.05, 0) is 32.1 Å². The highest BCUT2D eigenvalue weighted by molar-refractivity contribution is 5.76. The van der Waals surface area contributed by atoms with Gasteiger partial charge in [-0.25, -0.2) is 0 Å². The lowest BCUT2D eigenvalue weighted by Gasteiger charge is -2.29. The fourth-order valence-electron chi connectivity index (χ4n) is 1.71. The summed E-state index contributed by atoms with van der Waals surface area (Å²) in [7, 11) is 0. The zero-order valence-corrected chi connectivity index (χ0v) is 13.1. The van der Waals surface area contributed by atoms with Crippen LogP contribution in [0.3, 0.4) is 0 Å². The van der Waals surface area contributed by atoms with Gasteiger partial charge in [-0.1, -0.05) is 33.3 Å². The first-order valence-electron chi connectivity index (χ1n) is 7.49. The molecular formula is C16H31NO2. The number of hydrogen-bond donors (Lipinski definition) is 1. The van der Waals surface area contributed by atoms with Crippen LogP contribution in [-0.2, 0) is 9.53 Å². The molecule has 0 aromatic rings. The van der Waals surface area contributed by atoms with E-state index >= 15 is 0 Å². The number of nitrogens with one attached hydrogen (secondary N) is 1. The predicted molar refractivity (Wildman–Crippen MR) is 81.2 cm³/mol. The van der Waals surface area contributed by atoms with Crippen molar-refractivity contribution in [3.8, 4) is 0 Å². The molecule has 3 nitrogen and oxygen atoms in total. The number of carbonyl (C=O) groups excluding carboxylic acids is 1. The van der Waals surface area contributed by atoms with Crippen LogP contribution < -0.4 is 5.32 Å². The second-order valence-corrected chi connectivity index (χ2v) is 5.55. The third-order valence-electron chi connectivity index (χ3n) is 3.83. The molecule has 1 amide bonds. The molecule has 3 heteroatoms. The average Bonchev–Trinajstić information content (AvgIpc) is 2.42. The molecule has 0 fully saturated rings. The van der Waals surface area contributed by atoms with Crippen molar-refractivity contribution in [3.05, 3.63) is 12.7 Å². The minimum Gasteiger partial charge on any atom is -0.375 e. The Balaban J connectivity index is 4.00. The summed E-state index contributed by atoms with van der Waals surface area (Å²) in [4.78, 5) is 11.6. The molecule has 0 aliphatic carbocycles. The Hall–Kier alpha value is -0.830. The molecule has 2 unspecified atom stereocenters. The van der Waals surface area contributed by atoms with Gasteiger partial charge < -0.3 is 10.1 Å². The van der Waals surface area contributed by atoms with Crippen molar-refractivity contribution in [2.45, 2.75) is 65.4 Å². The lowest BCUT2D eigenvalue weighted by atomic mass is 9.96. The Morgan fingerprint density at radius 2 is 2.16 bits per heavy atom. The van der Waals surface area contributed by atoms with E-state index in [1.807, 2.05) is 0 Å². The van der Waals surface area contributed by atoms with Crippen LogP contribution in [0.4, 0.5) is 0 Å². The SMILES string of the molecule is C=CCNC(=O)CCC(C)(CC)OCCC(C)CC. The van der Waals surface area contributed by atoms with Crippen LogP contribution in [-0.4, -0.2) is 24.7 Å². The highest BCUT2D eigenvalue weighted by atomic mass is 16.5. The van der Waals surface area contributed by atoms with Gasteiger partial charge >= 0.3 is 0 Å². The number of amides is 1. The molecule has 0 saturated heterocycles. The normalized spacial score (nSPS) is 15.6. The summed E-state index contributed by atoms with van der Waals surface area (Å²) in [6.07, 6.45) is 6.20. The molecule has 112 valence electrons. The monoisotopic (exact) mass is 269 g/mol. The van der Waals surface area contributed by atoms with E-state index in [9.17, 15) is 4.79 Å². The lowest BCUT2D eigenvalue weighted by Crippen LogP contribution is -2.32. The van der Waals surface area contributed by atoms with Crippen molar-refractivity contribution in [2.24, 2.45) is 5.92 Å². The largest absolute Gasteiger partial charge is 0.375 e. The van der Waals surface area contributed by atoms with Gasteiger partial charge in [0.1, 0.15) is 0 Å². The maximum absolute atomic E-state index is 11.6. The average molecular weight is 269 g/mol.